The van der Waals surface area contributed by atoms with E-state index in [9.17, 15) is 0 Å². The molecule has 0 aromatic carbocycles. The van der Waals surface area contributed by atoms with Crippen molar-refractivity contribution in [3.63, 3.8) is 0 Å². The summed E-state index contributed by atoms with van der Waals surface area (Å²) in [6.07, 6.45) is 0. The van der Waals surface area contributed by atoms with E-state index in [4.69, 9.17) is 0 Å². The van der Waals surface area contributed by atoms with Crippen LogP contribution in [0.25, 0.3) is 0 Å². The van der Waals surface area contributed by atoms with Crippen LogP contribution in [0.2, 0.25) is 0 Å². The SMILES string of the molecule is N/N=N/N=N/N=N/N=N/N=N/N=N/N=N/N=N/N=N/N=N/N=N/N=N/N=N/N=N/N=N/N=N/N=N/N=N/N=N/N=N/N=N/N=N/N=N/N. The summed E-state index contributed by atoms with van der Waals surface area (Å²) in [7, 11) is 0. The molecule has 48 heteroatoms. The minimum absolute atomic E-state index is 2.75. The van der Waals surface area contributed by atoms with Gasteiger partial charge in [0.2, 0.25) is 0 Å². The molecule has 0 aromatic heterocycles. The molecule has 0 unspecified atom stereocenters. The molecule has 0 aromatic rings. The van der Waals surface area contributed by atoms with Gasteiger partial charge in [0, 0.05) is 157 Å². The zero-order chi connectivity index (χ0) is 34.5. The van der Waals surface area contributed by atoms with Crippen LogP contribution < -0.4 is 11.7 Å². The molecule has 0 aliphatic carbocycles. The van der Waals surface area contributed by atoms with Crippen molar-refractivity contribution < 1.29 is 0 Å². The fourth-order valence-electron chi connectivity index (χ4n) is 0.798. The van der Waals surface area contributed by atoms with E-state index in [2.05, 4.69) is 252 Å². The molecular formula is H4N48. The quantitative estimate of drug-likeness (QED) is 0.0678. The number of rotatable bonds is 22. The third-order valence-corrected chi connectivity index (χ3v) is 1.82. The minimum Gasteiger partial charge on any atom is -0.303 e. The highest BCUT2D eigenvalue weighted by Gasteiger charge is 1.74. The average molecular weight is 676 g/mol. The number of hydrogen-bond acceptors (Lipinski definition) is 2. The van der Waals surface area contributed by atoms with Crippen molar-refractivity contribution >= 4 is 0 Å². The molecule has 244 valence electrons. The van der Waals surface area contributed by atoms with Crippen molar-refractivity contribution in [2.75, 3.05) is 0 Å². The van der Waals surface area contributed by atoms with Crippen LogP contribution in [-0.4, -0.2) is 0 Å². The lowest BCUT2D eigenvalue weighted by atomic mass is 12.3. The molecular weight excluding hydrogens is 672 g/mol. The van der Waals surface area contributed by atoms with E-state index < -0.39 is 0 Å². The molecule has 0 aliphatic rings. The van der Waals surface area contributed by atoms with Crippen molar-refractivity contribution in [1.29, 1.82) is 0 Å². The Morgan fingerprint density at radius 1 is 0.104 bits per heavy atom. The van der Waals surface area contributed by atoms with E-state index in [1.807, 2.05) is 0 Å². The standard InChI is InChI=1S/H4N48/c1-3-5-7-9-11-13-15-17-19-21-23-25-27-29-31-33-35-37-39-41-43-45-47-48-46-44-42-40-38-36-34-32-30-28-26-24-22-20-18-16-14-12-10-8-6-4-2/h(H2,1,4,5,8,9,12,13,16,17,20,21,24,25,28,29,32,33,36,37,40,41,44,45,48)(H2,2,3,6,7,10,11,14,15,18,19,22,23,26,27,30,31,34,35,38,39,42,43,46,47). The van der Waals surface area contributed by atoms with Gasteiger partial charge in [-0.2, -0.15) is 0 Å². The predicted molar refractivity (Wildman–Crippen MR) is 120 cm³/mol. The lowest BCUT2D eigenvalue weighted by Gasteiger charge is -1.70. The molecule has 0 saturated heterocycles. The highest BCUT2D eigenvalue weighted by Crippen LogP contribution is 1.93. The molecule has 0 bridgehead atoms. The van der Waals surface area contributed by atoms with Crippen molar-refractivity contribution in [1.82, 2.24) is 0 Å². The van der Waals surface area contributed by atoms with Crippen LogP contribution in [0, 0.1) is 0 Å². The van der Waals surface area contributed by atoms with Gasteiger partial charge in [0.25, 0.3) is 0 Å². The molecule has 0 amide bonds. The van der Waals surface area contributed by atoms with E-state index >= 15 is 0 Å². The zero-order valence-corrected chi connectivity index (χ0v) is 21.7. The Kier molecular flexibility index (Phi) is 29.9. The molecule has 48 nitrogen and oxygen atoms in total. The number of nitrogens with two attached hydrogens (primary N) is 2. The monoisotopic (exact) mass is 676 g/mol. The first-order chi connectivity index (χ1) is 23.9. The molecule has 48 heavy (non-hydrogen) atoms. The van der Waals surface area contributed by atoms with Gasteiger partial charge in [-0.25, -0.2) is 0 Å². The Morgan fingerprint density at radius 2 is 0.167 bits per heavy atom. The summed E-state index contributed by atoms with van der Waals surface area (Å²) in [6, 6.07) is 0. The van der Waals surface area contributed by atoms with Crippen LogP contribution in [0.15, 0.2) is 240 Å². The van der Waals surface area contributed by atoms with Gasteiger partial charge in [-0.3, -0.25) is 0 Å². The summed E-state index contributed by atoms with van der Waals surface area (Å²) in [4.78, 5) is 0. The second-order valence-corrected chi connectivity index (χ2v) is 4.17. The maximum Gasteiger partial charge on any atom is 0 e. The Hall–Kier alpha value is -9.60. The van der Waals surface area contributed by atoms with Crippen LogP contribution >= 0.6 is 0 Å². The lowest BCUT2D eigenvalue weighted by Crippen LogP contribution is -1.70. The van der Waals surface area contributed by atoms with E-state index in [0.29, 0.717) is 0 Å². The van der Waals surface area contributed by atoms with Gasteiger partial charge in [0.05, 0.1) is 0 Å². The maximum absolute atomic E-state index is 4.62. The van der Waals surface area contributed by atoms with Gasteiger partial charge in [-0.1, -0.05) is 10.4 Å². The van der Waals surface area contributed by atoms with Gasteiger partial charge in [0.1, 0.15) is 0 Å². The average Bonchev–Trinajstić information content (AvgIpc) is 3.10. The van der Waals surface area contributed by atoms with Crippen LogP contribution in [-0.2, 0) is 0 Å². The molecule has 0 heterocycles. The van der Waals surface area contributed by atoms with Crippen molar-refractivity contribution in [2.24, 2.45) is 252 Å². The van der Waals surface area contributed by atoms with Gasteiger partial charge in [-0.05, 0) is 73.1 Å². The molecule has 0 atom stereocenters. The Labute approximate surface area is 253 Å². The lowest BCUT2D eigenvalue weighted by molar-refractivity contribution is 0.725. The molecule has 4 N–H and O–H groups in total. The van der Waals surface area contributed by atoms with Crippen LogP contribution in [0.1, 0.15) is 0 Å². The molecule has 0 fully saturated rings. The summed E-state index contributed by atoms with van der Waals surface area (Å²) in [5, 5.41) is 137. The minimum atomic E-state index is 2.75. The third-order valence-electron chi connectivity index (χ3n) is 1.82. The summed E-state index contributed by atoms with van der Waals surface area (Å²) >= 11 is 0. The summed E-state index contributed by atoms with van der Waals surface area (Å²) < 4.78 is 0. The van der Waals surface area contributed by atoms with E-state index in [-0.39, 0.29) is 0 Å². The van der Waals surface area contributed by atoms with Gasteiger partial charge >= 0.3 is 0 Å². The maximum atomic E-state index is 4.62. The summed E-state index contributed by atoms with van der Waals surface area (Å²) in [5.41, 5.74) is 0. The normalized spacial score (nSPS) is 15.4. The van der Waals surface area contributed by atoms with Gasteiger partial charge in [0.15, 0.2) is 0 Å². The second kappa shape index (κ2) is 37.4. The molecule has 0 spiro atoms. The first-order valence-electron chi connectivity index (χ1n) is 9.52. The molecule has 0 radical (unpaired) electrons. The topological polar surface area (TPSA) is 621 Å². The van der Waals surface area contributed by atoms with Gasteiger partial charge < -0.3 is 11.7 Å². The van der Waals surface area contributed by atoms with Crippen molar-refractivity contribution in [3.8, 4) is 0 Å². The van der Waals surface area contributed by atoms with E-state index in [0.717, 1.165) is 0 Å². The smallest absolute Gasteiger partial charge is 0 e. The predicted octanol–water partition coefficient (Wildman–Crippen LogP) is 7.26. The second-order valence-electron chi connectivity index (χ2n) is 4.17. The molecule has 0 aliphatic heterocycles. The first-order valence-corrected chi connectivity index (χ1v) is 9.52. The Balaban J connectivity index is 4.05. The van der Waals surface area contributed by atoms with E-state index in [1.165, 1.54) is 0 Å². The summed E-state index contributed by atoms with van der Waals surface area (Å²) in [6.45, 7) is 0. The van der Waals surface area contributed by atoms with Crippen LogP contribution in [0.3, 0.4) is 0 Å². The zero-order valence-electron chi connectivity index (χ0n) is 21.7. The Bertz CT molecular complexity index is 1370. The van der Waals surface area contributed by atoms with Crippen molar-refractivity contribution in [2.45, 2.75) is 0 Å². The fourth-order valence-corrected chi connectivity index (χ4v) is 0.798. The Morgan fingerprint density at radius 3 is 0.229 bits per heavy atom. The highest BCUT2D eigenvalue weighted by atomic mass is 15.8. The highest BCUT2D eigenvalue weighted by molar-refractivity contribution is 4.17. The first kappa shape index (κ1) is 38.4. The number of nitrogens with zero attached hydrogens (tertiary/aromatic N) is 46. The third kappa shape index (κ3) is 36.4. The summed E-state index contributed by atoms with van der Waals surface area (Å²) in [5.74, 6) is 9.25. The fraction of sp³-hybridized carbons (Fsp3) is 0. The van der Waals surface area contributed by atoms with E-state index in [1.54, 1.807) is 0 Å². The van der Waals surface area contributed by atoms with Gasteiger partial charge in [-0.15, -0.1) is 0 Å². The molecule has 0 rings (SSSR count). The van der Waals surface area contributed by atoms with Crippen molar-refractivity contribution in [3.05, 3.63) is 0 Å². The van der Waals surface area contributed by atoms with Crippen LogP contribution in [0.5, 0.6) is 0 Å². The van der Waals surface area contributed by atoms with Crippen LogP contribution in [0.4, 0.5) is 0 Å². The largest absolute Gasteiger partial charge is 0.303 e. The molecule has 0 saturated carbocycles. The number of hydrogen-bond donors (Lipinski definition) is 2.